The summed E-state index contributed by atoms with van der Waals surface area (Å²) in [5.41, 5.74) is 1.91. The van der Waals surface area contributed by atoms with E-state index in [1.165, 1.54) is 12.1 Å². The SMILES string of the molecule is C[C@@H]1CN(c2ncc(C(=O)N3CCC[C@H]3CO)cc2Cl)CCN1c1cc(-c2ccc(F)cc2)nc(N2CCC[C@H]2CO)n1. The van der Waals surface area contributed by atoms with Crippen LogP contribution in [0.3, 0.4) is 0 Å². The zero-order valence-corrected chi connectivity index (χ0v) is 25.0. The Morgan fingerprint density at radius 1 is 0.977 bits per heavy atom. The number of rotatable bonds is 7. The van der Waals surface area contributed by atoms with Crippen LogP contribution in [0.15, 0.2) is 42.6 Å². The number of halogens is 2. The number of aliphatic hydroxyl groups excluding tert-OH is 2. The average molecular weight is 610 g/mol. The predicted octanol–water partition coefficient (Wildman–Crippen LogP) is 3.60. The van der Waals surface area contributed by atoms with Gasteiger partial charge in [-0.2, -0.15) is 4.98 Å². The second kappa shape index (κ2) is 12.6. The number of pyridine rings is 1. The van der Waals surface area contributed by atoms with E-state index in [9.17, 15) is 19.4 Å². The van der Waals surface area contributed by atoms with E-state index in [-0.39, 0.29) is 43.1 Å². The van der Waals surface area contributed by atoms with E-state index >= 15 is 0 Å². The zero-order valence-electron chi connectivity index (χ0n) is 24.2. The molecule has 12 heteroatoms. The molecule has 0 saturated carbocycles. The van der Waals surface area contributed by atoms with Crippen LogP contribution >= 0.6 is 11.6 Å². The summed E-state index contributed by atoms with van der Waals surface area (Å²) in [5, 5.41) is 20.0. The topological polar surface area (TPSA) is 109 Å². The van der Waals surface area contributed by atoms with Gasteiger partial charge in [0.25, 0.3) is 5.91 Å². The van der Waals surface area contributed by atoms with Crippen molar-refractivity contribution in [3.63, 3.8) is 0 Å². The minimum absolute atomic E-state index is 0.0337. The van der Waals surface area contributed by atoms with E-state index in [1.807, 2.05) is 6.07 Å². The minimum Gasteiger partial charge on any atom is -0.394 e. The third-order valence-corrected chi connectivity index (χ3v) is 9.10. The molecular weight excluding hydrogens is 573 g/mol. The lowest BCUT2D eigenvalue weighted by Crippen LogP contribution is -2.53. The molecule has 3 fully saturated rings. The summed E-state index contributed by atoms with van der Waals surface area (Å²) >= 11 is 6.69. The van der Waals surface area contributed by atoms with E-state index in [4.69, 9.17) is 21.6 Å². The molecule has 10 nitrogen and oxygen atoms in total. The van der Waals surface area contributed by atoms with Crippen LogP contribution in [0.2, 0.25) is 5.02 Å². The van der Waals surface area contributed by atoms with Crippen molar-refractivity contribution < 1.29 is 19.4 Å². The summed E-state index contributed by atoms with van der Waals surface area (Å²) in [6, 6.07) is 9.75. The fraction of sp³-hybridized carbons (Fsp3) is 0.484. The lowest BCUT2D eigenvalue weighted by atomic mass is 10.1. The fourth-order valence-electron chi connectivity index (χ4n) is 6.48. The second-order valence-electron chi connectivity index (χ2n) is 11.6. The van der Waals surface area contributed by atoms with E-state index in [2.05, 4.69) is 26.6 Å². The lowest BCUT2D eigenvalue weighted by Gasteiger charge is -2.41. The molecule has 3 aliphatic rings. The average Bonchev–Trinajstić information content (AvgIpc) is 3.70. The smallest absolute Gasteiger partial charge is 0.255 e. The molecule has 2 aromatic heterocycles. The summed E-state index contributed by atoms with van der Waals surface area (Å²) in [4.78, 5) is 35.6. The van der Waals surface area contributed by atoms with Gasteiger partial charge in [0.2, 0.25) is 5.95 Å². The Morgan fingerprint density at radius 2 is 1.72 bits per heavy atom. The van der Waals surface area contributed by atoms with Crippen molar-refractivity contribution in [2.45, 2.75) is 50.7 Å². The summed E-state index contributed by atoms with van der Waals surface area (Å²) < 4.78 is 13.7. The van der Waals surface area contributed by atoms with Gasteiger partial charge in [-0.05, 0) is 62.9 Å². The van der Waals surface area contributed by atoms with Gasteiger partial charge in [-0.1, -0.05) is 11.6 Å². The number of aromatic nitrogens is 3. The van der Waals surface area contributed by atoms with Gasteiger partial charge in [0.15, 0.2) is 0 Å². The monoisotopic (exact) mass is 609 g/mol. The lowest BCUT2D eigenvalue weighted by molar-refractivity contribution is 0.0677. The quantitative estimate of drug-likeness (QED) is 0.415. The second-order valence-corrected chi connectivity index (χ2v) is 12.0. The standard InChI is InChI=1S/C31H37ClFN7O3/c1-20-17-37(29-26(32)14-22(16-34-29)30(43)39-10-2-4-24(39)18-41)12-13-38(20)28-15-27(21-6-8-23(33)9-7-21)35-31(36-28)40-11-3-5-25(40)19-42/h6-9,14-16,20,24-25,41-42H,2-5,10-13,17-19H2,1H3/t20-,24+,25+/m1/s1. The Bertz CT molecular complexity index is 1460. The van der Waals surface area contributed by atoms with E-state index in [0.29, 0.717) is 54.2 Å². The van der Waals surface area contributed by atoms with Crippen LogP contribution in [-0.4, -0.2) is 100 Å². The molecule has 0 spiro atoms. The Morgan fingerprint density at radius 3 is 2.44 bits per heavy atom. The molecule has 0 bridgehead atoms. The molecule has 0 unspecified atom stereocenters. The molecule has 3 aliphatic heterocycles. The zero-order chi connectivity index (χ0) is 30.1. The van der Waals surface area contributed by atoms with Gasteiger partial charge in [0.05, 0.1) is 41.6 Å². The number of hydrogen-bond donors (Lipinski definition) is 2. The largest absolute Gasteiger partial charge is 0.394 e. The van der Waals surface area contributed by atoms with Crippen LogP contribution in [-0.2, 0) is 0 Å². The molecular formula is C31H37ClFN7O3. The van der Waals surface area contributed by atoms with E-state index < -0.39 is 0 Å². The normalized spacial score (nSPS) is 22.5. The highest BCUT2D eigenvalue weighted by Crippen LogP contribution is 2.32. The molecule has 0 radical (unpaired) electrons. The first kappa shape index (κ1) is 29.5. The first-order valence-electron chi connectivity index (χ1n) is 15.0. The van der Waals surface area contributed by atoms with Crippen LogP contribution < -0.4 is 14.7 Å². The molecule has 43 heavy (non-hydrogen) atoms. The number of anilines is 3. The molecule has 3 aromatic rings. The number of benzene rings is 1. The Kier molecular flexibility index (Phi) is 8.65. The minimum atomic E-state index is -0.307. The molecule has 6 rings (SSSR count). The Labute approximate surface area is 255 Å². The molecule has 228 valence electrons. The molecule has 1 amide bonds. The summed E-state index contributed by atoms with van der Waals surface area (Å²) in [6.45, 7) is 5.40. The maximum atomic E-state index is 13.7. The van der Waals surface area contributed by atoms with Crippen LogP contribution in [0.25, 0.3) is 11.3 Å². The van der Waals surface area contributed by atoms with Gasteiger partial charge >= 0.3 is 0 Å². The highest BCUT2D eigenvalue weighted by atomic mass is 35.5. The maximum absolute atomic E-state index is 13.7. The van der Waals surface area contributed by atoms with Gasteiger partial charge in [0, 0.05) is 56.6 Å². The molecule has 5 heterocycles. The fourth-order valence-corrected chi connectivity index (χ4v) is 6.77. The van der Waals surface area contributed by atoms with Gasteiger partial charge in [-0.25, -0.2) is 14.4 Å². The van der Waals surface area contributed by atoms with Crippen molar-refractivity contribution in [2.75, 3.05) is 60.6 Å². The van der Waals surface area contributed by atoms with E-state index in [0.717, 1.165) is 43.6 Å². The van der Waals surface area contributed by atoms with Crippen molar-refractivity contribution in [1.29, 1.82) is 0 Å². The number of hydrogen-bond acceptors (Lipinski definition) is 9. The summed E-state index contributed by atoms with van der Waals surface area (Å²) in [6.07, 6.45) is 5.08. The van der Waals surface area contributed by atoms with Crippen LogP contribution in [0.5, 0.6) is 0 Å². The molecule has 1 aromatic carbocycles. The van der Waals surface area contributed by atoms with Crippen molar-refractivity contribution in [3.8, 4) is 11.3 Å². The third kappa shape index (κ3) is 5.98. The van der Waals surface area contributed by atoms with E-state index in [1.54, 1.807) is 29.3 Å². The van der Waals surface area contributed by atoms with Crippen molar-refractivity contribution in [1.82, 2.24) is 19.9 Å². The number of aliphatic hydroxyl groups is 2. The number of amides is 1. The molecule has 0 aliphatic carbocycles. The first-order chi connectivity index (χ1) is 20.9. The van der Waals surface area contributed by atoms with Crippen LogP contribution in [0.1, 0.15) is 43.0 Å². The molecule has 3 saturated heterocycles. The first-order valence-corrected chi connectivity index (χ1v) is 15.4. The van der Waals surface area contributed by atoms with Gasteiger partial charge in [0.1, 0.15) is 17.5 Å². The van der Waals surface area contributed by atoms with Gasteiger partial charge < -0.3 is 29.8 Å². The van der Waals surface area contributed by atoms with Gasteiger partial charge in [-0.3, -0.25) is 4.79 Å². The summed E-state index contributed by atoms with van der Waals surface area (Å²) in [7, 11) is 0. The van der Waals surface area contributed by atoms with Crippen molar-refractivity contribution >= 4 is 35.1 Å². The highest BCUT2D eigenvalue weighted by Gasteiger charge is 2.32. The number of carbonyl (C=O) groups is 1. The number of piperazine rings is 1. The van der Waals surface area contributed by atoms with Crippen molar-refractivity contribution in [3.05, 3.63) is 59.0 Å². The maximum Gasteiger partial charge on any atom is 0.255 e. The highest BCUT2D eigenvalue weighted by molar-refractivity contribution is 6.33. The molecule has 2 N–H and O–H groups in total. The Hall–Kier alpha value is -3.54. The van der Waals surface area contributed by atoms with Crippen molar-refractivity contribution in [2.24, 2.45) is 0 Å². The number of nitrogens with zero attached hydrogens (tertiary/aromatic N) is 7. The summed E-state index contributed by atoms with van der Waals surface area (Å²) in [5.74, 6) is 1.49. The van der Waals surface area contributed by atoms with Gasteiger partial charge in [-0.15, -0.1) is 0 Å². The molecule has 3 atom stereocenters. The number of carbonyl (C=O) groups excluding carboxylic acids is 1. The third-order valence-electron chi connectivity index (χ3n) is 8.82. The predicted molar refractivity (Wildman–Crippen MR) is 164 cm³/mol. The number of likely N-dealkylation sites (tertiary alicyclic amines) is 1. The van der Waals surface area contributed by atoms with Crippen LogP contribution in [0, 0.1) is 5.82 Å². The Balaban J connectivity index is 1.23. The van der Waals surface area contributed by atoms with Crippen LogP contribution in [0.4, 0.5) is 22.0 Å².